The highest BCUT2D eigenvalue weighted by molar-refractivity contribution is 5.80. The van der Waals surface area contributed by atoms with Crippen molar-refractivity contribution in [2.45, 2.75) is 32.9 Å². The second-order valence-corrected chi connectivity index (χ2v) is 5.76. The minimum absolute atomic E-state index is 0.0709. The fraction of sp³-hybridized carbons (Fsp3) is 0.615. The number of nitrogens with one attached hydrogen (secondary N) is 2. The van der Waals surface area contributed by atoms with Crippen LogP contribution < -0.4 is 27.6 Å². The number of anilines is 2. The number of amides is 1. The van der Waals surface area contributed by atoms with Gasteiger partial charge in [0.1, 0.15) is 11.5 Å². The second-order valence-electron chi connectivity index (χ2n) is 5.76. The van der Waals surface area contributed by atoms with Gasteiger partial charge in [-0.25, -0.2) is 4.79 Å². The van der Waals surface area contributed by atoms with E-state index in [1.165, 1.54) is 11.6 Å². The molecule has 1 saturated heterocycles. The van der Waals surface area contributed by atoms with E-state index in [-0.39, 0.29) is 35.8 Å². The first kappa shape index (κ1) is 15.1. The molecule has 0 aliphatic carbocycles. The highest BCUT2D eigenvalue weighted by Crippen LogP contribution is 2.15. The maximum atomic E-state index is 12.2. The average molecular weight is 295 g/mol. The van der Waals surface area contributed by atoms with Crippen molar-refractivity contribution in [3.8, 4) is 0 Å². The van der Waals surface area contributed by atoms with Crippen molar-refractivity contribution >= 4 is 17.4 Å². The molecular formula is C13H21N5O3. The molecule has 1 unspecified atom stereocenters. The largest absolute Gasteiger partial charge is 0.383 e. The molecule has 2 rings (SSSR count). The zero-order valence-electron chi connectivity index (χ0n) is 12.5. The van der Waals surface area contributed by atoms with Gasteiger partial charge in [0.05, 0.1) is 6.04 Å². The van der Waals surface area contributed by atoms with Crippen molar-refractivity contribution < 1.29 is 4.79 Å². The lowest BCUT2D eigenvalue weighted by atomic mass is 10.2. The fourth-order valence-electron chi connectivity index (χ4n) is 2.37. The highest BCUT2D eigenvalue weighted by atomic mass is 16.2. The zero-order chi connectivity index (χ0) is 15.7. The standard InChI is InChI=1S/C13H21N5O3/c1-7(2)6-18-11(14)10(12(20)17(3)13(18)21)16-8-4-9(19)15-5-8/h7-8,16H,4-6,14H2,1-3H3,(H,15,19). The summed E-state index contributed by atoms with van der Waals surface area (Å²) in [5.41, 5.74) is 5.27. The van der Waals surface area contributed by atoms with E-state index in [4.69, 9.17) is 5.73 Å². The summed E-state index contributed by atoms with van der Waals surface area (Å²) in [4.78, 5) is 35.6. The Hall–Kier alpha value is -2.25. The van der Waals surface area contributed by atoms with Crippen LogP contribution in [-0.4, -0.2) is 27.6 Å². The molecule has 8 heteroatoms. The zero-order valence-corrected chi connectivity index (χ0v) is 12.5. The molecule has 0 spiro atoms. The Bertz CT molecular complexity index is 674. The van der Waals surface area contributed by atoms with Crippen molar-refractivity contribution in [2.75, 3.05) is 17.6 Å². The summed E-state index contributed by atoms with van der Waals surface area (Å²) in [5, 5.41) is 5.67. The monoisotopic (exact) mass is 295 g/mol. The summed E-state index contributed by atoms with van der Waals surface area (Å²) < 4.78 is 2.42. The molecule has 116 valence electrons. The van der Waals surface area contributed by atoms with Gasteiger partial charge in [0, 0.05) is 26.6 Å². The lowest BCUT2D eigenvalue weighted by Crippen LogP contribution is -2.42. The molecule has 1 fully saturated rings. The SMILES string of the molecule is CC(C)Cn1c(N)c(NC2CNC(=O)C2)c(=O)n(C)c1=O. The molecule has 0 radical (unpaired) electrons. The van der Waals surface area contributed by atoms with Gasteiger partial charge in [0.2, 0.25) is 5.91 Å². The van der Waals surface area contributed by atoms with Crippen LogP contribution in [0.5, 0.6) is 0 Å². The highest BCUT2D eigenvalue weighted by Gasteiger charge is 2.24. The Morgan fingerprint density at radius 2 is 2.05 bits per heavy atom. The quantitative estimate of drug-likeness (QED) is 0.665. The molecule has 2 heterocycles. The van der Waals surface area contributed by atoms with Crippen molar-refractivity contribution in [1.82, 2.24) is 14.5 Å². The first-order valence-corrected chi connectivity index (χ1v) is 6.93. The molecule has 1 aromatic heterocycles. The van der Waals surface area contributed by atoms with Crippen LogP contribution in [0.3, 0.4) is 0 Å². The van der Waals surface area contributed by atoms with E-state index in [1.807, 2.05) is 13.8 Å². The van der Waals surface area contributed by atoms with Gasteiger partial charge in [-0.2, -0.15) is 0 Å². The Kier molecular flexibility index (Phi) is 4.06. The number of nitrogens with two attached hydrogens (primary N) is 1. The molecule has 1 aliphatic heterocycles. The number of carbonyl (C=O) groups excluding carboxylic acids is 1. The number of carbonyl (C=O) groups is 1. The molecule has 0 aromatic carbocycles. The van der Waals surface area contributed by atoms with Crippen LogP contribution >= 0.6 is 0 Å². The number of rotatable bonds is 4. The molecule has 4 N–H and O–H groups in total. The van der Waals surface area contributed by atoms with Crippen LogP contribution in [0, 0.1) is 5.92 Å². The summed E-state index contributed by atoms with van der Waals surface area (Å²) in [5.74, 6) is 0.264. The Labute approximate surface area is 121 Å². The predicted octanol–water partition coefficient (Wildman–Crippen LogP) is -0.914. The van der Waals surface area contributed by atoms with Gasteiger partial charge in [-0.1, -0.05) is 13.8 Å². The van der Waals surface area contributed by atoms with Crippen LogP contribution in [0.15, 0.2) is 9.59 Å². The van der Waals surface area contributed by atoms with Crippen molar-refractivity contribution in [1.29, 1.82) is 0 Å². The van der Waals surface area contributed by atoms with Crippen LogP contribution in [-0.2, 0) is 18.4 Å². The summed E-state index contributed by atoms with van der Waals surface area (Å²) in [6, 6.07) is -0.197. The summed E-state index contributed by atoms with van der Waals surface area (Å²) >= 11 is 0. The average Bonchev–Trinajstić information content (AvgIpc) is 2.83. The van der Waals surface area contributed by atoms with Crippen LogP contribution in [0.25, 0.3) is 0 Å². The lowest BCUT2D eigenvalue weighted by molar-refractivity contribution is -0.119. The second kappa shape index (κ2) is 5.63. The molecule has 8 nitrogen and oxygen atoms in total. The fourth-order valence-corrected chi connectivity index (χ4v) is 2.37. The molecule has 0 bridgehead atoms. The molecule has 1 aliphatic rings. The van der Waals surface area contributed by atoms with E-state index in [2.05, 4.69) is 10.6 Å². The number of nitrogens with zero attached hydrogens (tertiary/aromatic N) is 2. The minimum Gasteiger partial charge on any atom is -0.383 e. The molecule has 1 atom stereocenters. The van der Waals surface area contributed by atoms with Crippen LogP contribution in [0.4, 0.5) is 11.5 Å². The predicted molar refractivity (Wildman–Crippen MR) is 80.2 cm³/mol. The molecule has 1 aromatic rings. The van der Waals surface area contributed by atoms with E-state index in [1.54, 1.807) is 0 Å². The van der Waals surface area contributed by atoms with E-state index in [0.29, 0.717) is 13.1 Å². The summed E-state index contributed by atoms with van der Waals surface area (Å²) in [6.07, 6.45) is 0.284. The Morgan fingerprint density at radius 1 is 1.38 bits per heavy atom. The lowest BCUT2D eigenvalue weighted by Gasteiger charge is -2.19. The third-order valence-corrected chi connectivity index (χ3v) is 3.46. The first-order chi connectivity index (χ1) is 9.81. The third-order valence-electron chi connectivity index (χ3n) is 3.46. The van der Waals surface area contributed by atoms with Gasteiger partial charge < -0.3 is 16.4 Å². The number of hydrogen-bond donors (Lipinski definition) is 3. The number of hydrogen-bond acceptors (Lipinski definition) is 5. The van der Waals surface area contributed by atoms with E-state index in [9.17, 15) is 14.4 Å². The van der Waals surface area contributed by atoms with Gasteiger partial charge in [-0.15, -0.1) is 0 Å². The van der Waals surface area contributed by atoms with Crippen LogP contribution in [0.2, 0.25) is 0 Å². The number of aromatic nitrogens is 2. The van der Waals surface area contributed by atoms with E-state index in [0.717, 1.165) is 4.57 Å². The topological polar surface area (TPSA) is 111 Å². The van der Waals surface area contributed by atoms with Gasteiger partial charge in [0.15, 0.2) is 0 Å². The van der Waals surface area contributed by atoms with Gasteiger partial charge in [0.25, 0.3) is 5.56 Å². The normalized spacial score (nSPS) is 18.1. The van der Waals surface area contributed by atoms with Crippen molar-refractivity contribution in [3.05, 3.63) is 20.8 Å². The smallest absolute Gasteiger partial charge is 0.332 e. The first-order valence-electron chi connectivity index (χ1n) is 6.93. The third kappa shape index (κ3) is 2.93. The van der Waals surface area contributed by atoms with Crippen molar-refractivity contribution in [3.63, 3.8) is 0 Å². The molecule has 1 amide bonds. The molecular weight excluding hydrogens is 274 g/mol. The Morgan fingerprint density at radius 3 is 2.57 bits per heavy atom. The molecule has 0 saturated carbocycles. The summed E-state index contributed by atoms with van der Waals surface area (Å²) in [7, 11) is 1.42. The Balaban J connectivity index is 2.45. The number of nitrogen functional groups attached to an aromatic ring is 1. The van der Waals surface area contributed by atoms with Crippen LogP contribution in [0.1, 0.15) is 20.3 Å². The van der Waals surface area contributed by atoms with E-state index >= 15 is 0 Å². The maximum Gasteiger partial charge on any atom is 0.332 e. The maximum absolute atomic E-state index is 12.2. The van der Waals surface area contributed by atoms with Gasteiger partial charge in [-0.05, 0) is 5.92 Å². The van der Waals surface area contributed by atoms with Gasteiger partial charge in [-0.3, -0.25) is 18.7 Å². The minimum atomic E-state index is -0.475. The van der Waals surface area contributed by atoms with Crippen molar-refractivity contribution in [2.24, 2.45) is 13.0 Å². The molecule has 21 heavy (non-hydrogen) atoms. The van der Waals surface area contributed by atoms with Gasteiger partial charge >= 0.3 is 5.69 Å². The van der Waals surface area contributed by atoms with E-state index < -0.39 is 11.2 Å². The summed E-state index contributed by atoms with van der Waals surface area (Å²) in [6.45, 7) is 4.79.